The summed E-state index contributed by atoms with van der Waals surface area (Å²) in [4.78, 5) is 67.4. The maximum atomic E-state index is 13.1. The predicted octanol–water partition coefficient (Wildman–Crippen LogP) is 1.62. The summed E-state index contributed by atoms with van der Waals surface area (Å²) < 4.78 is 9.86. The molecule has 2 heterocycles. The first-order chi connectivity index (χ1) is 18.7. The van der Waals surface area contributed by atoms with Crippen LogP contribution in [0, 0.1) is 4.91 Å². The third kappa shape index (κ3) is 7.09. The Labute approximate surface area is 223 Å². The van der Waals surface area contributed by atoms with Gasteiger partial charge in [-0.15, -0.1) is 4.91 Å². The van der Waals surface area contributed by atoms with E-state index >= 15 is 0 Å². The predicted molar refractivity (Wildman–Crippen MR) is 141 cm³/mol. The average Bonchev–Trinajstić information content (AvgIpc) is 2.91. The van der Waals surface area contributed by atoms with Crippen LogP contribution >= 0.6 is 0 Å². The normalized spacial score (nSPS) is 11.5. The molecule has 3 rings (SSSR count). The zero-order valence-electron chi connectivity index (χ0n) is 21.7. The highest BCUT2D eigenvalue weighted by Crippen LogP contribution is 2.21. The molecule has 3 aromatic rings. The fraction of sp³-hybridized carbons (Fsp3) is 0.375. The fourth-order valence-electron chi connectivity index (χ4n) is 3.69. The van der Waals surface area contributed by atoms with E-state index < -0.39 is 23.9 Å². The number of nitrogen functional groups attached to an aromatic ring is 2. The number of aromatic nitrogens is 4. The summed E-state index contributed by atoms with van der Waals surface area (Å²) in [5.74, 6) is -2.13. The third-order valence-corrected chi connectivity index (χ3v) is 5.53. The van der Waals surface area contributed by atoms with Gasteiger partial charge in [-0.25, -0.2) is 14.8 Å². The van der Waals surface area contributed by atoms with E-state index in [0.29, 0.717) is 28.5 Å². The van der Waals surface area contributed by atoms with Crippen LogP contribution in [0.15, 0.2) is 35.7 Å². The standard InChI is InChI=1S/C24H29N9O6/c1-4-38-18(34)11-10-17(23(36)39-5-2)33(31-37)22(35)14-6-8-16(9-7-14)32(3)13-15-12-27-21-19(28-15)20(25)29-24(26)30-21/h6-9,12,17H,4-5,10-11,13H2,1-3H3,(H4,25,26,27,29,30)/t17-/m0/s1. The van der Waals surface area contributed by atoms with E-state index in [-0.39, 0.29) is 49.0 Å². The van der Waals surface area contributed by atoms with Crippen LogP contribution in [0.5, 0.6) is 0 Å². The number of benzene rings is 1. The van der Waals surface area contributed by atoms with Crippen molar-refractivity contribution in [2.24, 2.45) is 5.29 Å². The Morgan fingerprint density at radius 2 is 1.72 bits per heavy atom. The van der Waals surface area contributed by atoms with Gasteiger partial charge in [0.25, 0.3) is 5.91 Å². The summed E-state index contributed by atoms with van der Waals surface area (Å²) in [5.41, 5.74) is 13.5. The molecule has 0 aliphatic heterocycles. The Hall–Kier alpha value is -4.95. The molecule has 0 bridgehead atoms. The molecule has 206 valence electrons. The van der Waals surface area contributed by atoms with Crippen LogP contribution < -0.4 is 16.4 Å². The Kier molecular flexibility index (Phi) is 9.56. The number of hydrogen-bond acceptors (Lipinski definition) is 14. The molecule has 2 aromatic heterocycles. The van der Waals surface area contributed by atoms with Crippen LogP contribution in [0.2, 0.25) is 0 Å². The highest BCUT2D eigenvalue weighted by Gasteiger charge is 2.34. The lowest BCUT2D eigenvalue weighted by Gasteiger charge is -2.23. The molecule has 1 amide bonds. The zero-order valence-corrected chi connectivity index (χ0v) is 21.7. The second-order valence-electron chi connectivity index (χ2n) is 8.25. The van der Waals surface area contributed by atoms with Crippen molar-refractivity contribution in [2.45, 2.75) is 39.3 Å². The lowest BCUT2D eigenvalue weighted by molar-refractivity contribution is -0.150. The highest BCUT2D eigenvalue weighted by molar-refractivity contribution is 5.97. The van der Waals surface area contributed by atoms with Gasteiger partial charge in [0.2, 0.25) is 5.95 Å². The number of carbonyl (C=O) groups is 3. The SMILES string of the molecule is CCOC(=O)CC[C@@H](C(=O)OCC)N(N=O)C(=O)c1ccc(N(C)Cc2cnc3nc(N)nc(N)c3n2)cc1. The van der Waals surface area contributed by atoms with Crippen molar-refractivity contribution in [1.82, 2.24) is 24.9 Å². The van der Waals surface area contributed by atoms with Gasteiger partial charge in [0.05, 0.1) is 36.9 Å². The minimum atomic E-state index is -1.39. The summed E-state index contributed by atoms with van der Waals surface area (Å²) in [7, 11) is 1.80. The van der Waals surface area contributed by atoms with E-state index in [1.54, 1.807) is 39.2 Å². The minimum Gasteiger partial charge on any atom is -0.466 e. The lowest BCUT2D eigenvalue weighted by Crippen LogP contribution is -2.42. The van der Waals surface area contributed by atoms with Crippen molar-refractivity contribution in [3.05, 3.63) is 46.6 Å². The van der Waals surface area contributed by atoms with Crippen molar-refractivity contribution in [1.29, 1.82) is 0 Å². The summed E-state index contributed by atoms with van der Waals surface area (Å²) in [6.07, 6.45) is 1.15. The Morgan fingerprint density at radius 3 is 2.36 bits per heavy atom. The first kappa shape index (κ1) is 28.6. The number of anilines is 3. The number of nitrogens with zero attached hydrogens (tertiary/aromatic N) is 7. The highest BCUT2D eigenvalue weighted by atomic mass is 16.5. The van der Waals surface area contributed by atoms with Crippen molar-refractivity contribution >= 4 is 46.5 Å². The molecule has 0 spiro atoms. The second-order valence-corrected chi connectivity index (χ2v) is 8.25. The van der Waals surface area contributed by atoms with Gasteiger partial charge in [0, 0.05) is 24.7 Å². The van der Waals surface area contributed by atoms with Crippen molar-refractivity contribution < 1.29 is 23.9 Å². The molecule has 0 radical (unpaired) electrons. The van der Waals surface area contributed by atoms with Gasteiger partial charge in [-0.05, 0) is 44.5 Å². The molecule has 0 aliphatic rings. The number of amides is 1. The van der Waals surface area contributed by atoms with Gasteiger partial charge < -0.3 is 25.8 Å². The number of ether oxygens (including phenoxy) is 2. The number of nitroso groups, excluding NO2 is 1. The first-order valence-electron chi connectivity index (χ1n) is 12.0. The Bertz CT molecular complexity index is 1350. The largest absolute Gasteiger partial charge is 0.466 e. The van der Waals surface area contributed by atoms with Gasteiger partial charge in [-0.1, -0.05) is 0 Å². The molecular weight excluding hydrogens is 510 g/mol. The summed E-state index contributed by atoms with van der Waals surface area (Å²) >= 11 is 0. The monoisotopic (exact) mass is 539 g/mol. The maximum Gasteiger partial charge on any atom is 0.331 e. The lowest BCUT2D eigenvalue weighted by atomic mass is 10.1. The van der Waals surface area contributed by atoms with Crippen LogP contribution in [-0.4, -0.2) is 69.1 Å². The Morgan fingerprint density at radius 1 is 1.03 bits per heavy atom. The molecule has 39 heavy (non-hydrogen) atoms. The topological polar surface area (TPSA) is 209 Å². The van der Waals surface area contributed by atoms with Crippen molar-refractivity contribution in [3.63, 3.8) is 0 Å². The Balaban J connectivity index is 1.75. The number of fused-ring (bicyclic) bond motifs is 1. The van der Waals surface area contributed by atoms with Crippen LogP contribution in [0.3, 0.4) is 0 Å². The molecule has 1 aromatic carbocycles. The number of hydrogen-bond donors (Lipinski definition) is 2. The second kappa shape index (κ2) is 13.0. The van der Waals surface area contributed by atoms with E-state index in [2.05, 4.69) is 25.2 Å². The number of carbonyl (C=O) groups excluding carboxylic acids is 3. The third-order valence-electron chi connectivity index (χ3n) is 5.53. The van der Waals surface area contributed by atoms with Gasteiger partial charge in [-0.3, -0.25) is 9.59 Å². The average molecular weight is 540 g/mol. The van der Waals surface area contributed by atoms with Gasteiger partial charge in [0.15, 0.2) is 23.0 Å². The summed E-state index contributed by atoms with van der Waals surface area (Å²) in [6, 6.07) is 4.89. The first-order valence-corrected chi connectivity index (χ1v) is 12.0. The molecule has 15 nitrogen and oxygen atoms in total. The number of rotatable bonds is 12. The smallest absolute Gasteiger partial charge is 0.331 e. The van der Waals surface area contributed by atoms with E-state index in [0.717, 1.165) is 0 Å². The molecule has 0 fully saturated rings. The molecular formula is C24H29N9O6. The van der Waals surface area contributed by atoms with Gasteiger partial charge in [-0.2, -0.15) is 15.0 Å². The summed E-state index contributed by atoms with van der Waals surface area (Å²) in [5, 5.41) is 3.26. The van der Waals surface area contributed by atoms with E-state index in [4.69, 9.17) is 20.9 Å². The number of esters is 2. The van der Waals surface area contributed by atoms with Gasteiger partial charge >= 0.3 is 11.9 Å². The molecule has 0 saturated heterocycles. The van der Waals surface area contributed by atoms with Gasteiger partial charge in [0.1, 0.15) is 0 Å². The van der Waals surface area contributed by atoms with Crippen LogP contribution in [-0.2, 0) is 25.6 Å². The van der Waals surface area contributed by atoms with Crippen molar-refractivity contribution in [3.8, 4) is 0 Å². The molecule has 15 heteroatoms. The summed E-state index contributed by atoms with van der Waals surface area (Å²) in [6.45, 7) is 3.73. The minimum absolute atomic E-state index is 0.00437. The molecule has 1 atom stereocenters. The van der Waals surface area contributed by atoms with Crippen LogP contribution in [0.1, 0.15) is 42.7 Å². The van der Waals surface area contributed by atoms with Crippen LogP contribution in [0.25, 0.3) is 11.2 Å². The van der Waals surface area contributed by atoms with E-state index in [9.17, 15) is 19.3 Å². The quantitative estimate of drug-likeness (QED) is 0.191. The zero-order chi connectivity index (χ0) is 28.5. The fourth-order valence-corrected chi connectivity index (χ4v) is 3.69. The number of nitrogens with two attached hydrogens (primary N) is 2. The van der Waals surface area contributed by atoms with E-state index in [1.165, 1.54) is 12.1 Å². The molecule has 0 aliphatic carbocycles. The van der Waals surface area contributed by atoms with Crippen LogP contribution in [0.4, 0.5) is 17.5 Å². The van der Waals surface area contributed by atoms with E-state index in [1.807, 2.05) is 4.90 Å². The molecule has 0 unspecified atom stereocenters. The molecule has 0 saturated carbocycles. The maximum absolute atomic E-state index is 13.1. The molecule has 4 N–H and O–H groups in total. The van der Waals surface area contributed by atoms with Crippen molar-refractivity contribution in [2.75, 3.05) is 36.6 Å².